The van der Waals surface area contributed by atoms with E-state index in [1.165, 1.54) is 60.8 Å². The van der Waals surface area contributed by atoms with Gasteiger partial charge in [0.2, 0.25) is 0 Å². The number of phenols is 1. The molecule has 4 aliphatic carbocycles. The van der Waals surface area contributed by atoms with Gasteiger partial charge < -0.3 is 15.3 Å². The molecule has 0 radical (unpaired) electrons. The van der Waals surface area contributed by atoms with E-state index in [4.69, 9.17) is 0 Å². The van der Waals surface area contributed by atoms with E-state index in [-0.39, 0.29) is 17.8 Å². The van der Waals surface area contributed by atoms with Crippen molar-refractivity contribution in [3.8, 4) is 5.75 Å². The molecule has 2 fully saturated rings. The maximum absolute atomic E-state index is 11.6. The van der Waals surface area contributed by atoms with Crippen LogP contribution in [0.1, 0.15) is 103 Å². The van der Waals surface area contributed by atoms with Crippen molar-refractivity contribution in [1.82, 2.24) is 0 Å². The van der Waals surface area contributed by atoms with Crippen molar-refractivity contribution in [1.29, 1.82) is 0 Å². The van der Waals surface area contributed by atoms with Gasteiger partial charge in [0.15, 0.2) is 0 Å². The van der Waals surface area contributed by atoms with Gasteiger partial charge in [0, 0.05) is 23.3 Å². The van der Waals surface area contributed by atoms with Crippen LogP contribution in [0.5, 0.6) is 5.75 Å². The Balaban J connectivity index is 1.66. The lowest BCUT2D eigenvalue weighted by Gasteiger charge is -2.45. The van der Waals surface area contributed by atoms with Crippen molar-refractivity contribution in [3.05, 3.63) is 76.4 Å². The summed E-state index contributed by atoms with van der Waals surface area (Å²) in [6.45, 7) is 8.38. The van der Waals surface area contributed by atoms with Crippen LogP contribution in [0.15, 0.2) is 70.9 Å². The summed E-state index contributed by atoms with van der Waals surface area (Å²) in [4.78, 5) is 0. The van der Waals surface area contributed by atoms with Gasteiger partial charge in [0.1, 0.15) is 5.75 Å². The van der Waals surface area contributed by atoms with Crippen molar-refractivity contribution in [3.63, 3.8) is 0 Å². The van der Waals surface area contributed by atoms with E-state index in [1.807, 2.05) is 44.2 Å². The lowest BCUT2D eigenvalue weighted by Crippen LogP contribution is -2.42. The Morgan fingerprint density at radius 1 is 0.684 bits per heavy atom. The highest BCUT2D eigenvalue weighted by molar-refractivity contribution is 5.57. The maximum Gasteiger partial charge on any atom is 0.119 e. The molecule has 3 heteroatoms. The molecule has 38 heavy (non-hydrogen) atoms. The Hall–Kier alpha value is -2.10. The molecular formula is C35H48O3. The summed E-state index contributed by atoms with van der Waals surface area (Å²) in [5.41, 5.74) is 4.03. The third-order valence-electron chi connectivity index (χ3n) is 10.4. The van der Waals surface area contributed by atoms with Crippen molar-refractivity contribution < 1.29 is 15.3 Å². The number of benzene rings is 1. The Morgan fingerprint density at radius 3 is 1.53 bits per heavy atom. The largest absolute Gasteiger partial charge is 0.508 e. The number of aromatic hydroxyl groups is 1. The summed E-state index contributed by atoms with van der Waals surface area (Å²) in [7, 11) is 0. The predicted octanol–water partition coefficient (Wildman–Crippen LogP) is 8.14. The fourth-order valence-electron chi connectivity index (χ4n) is 8.70. The molecule has 3 N–H and O–H groups in total. The highest BCUT2D eigenvalue weighted by Crippen LogP contribution is 2.52. The normalized spacial score (nSPS) is 34.2. The predicted molar refractivity (Wildman–Crippen MR) is 156 cm³/mol. The van der Waals surface area contributed by atoms with Crippen LogP contribution in [0.2, 0.25) is 0 Å². The fourth-order valence-corrected chi connectivity index (χ4v) is 8.70. The first-order chi connectivity index (χ1) is 18.1. The molecule has 4 unspecified atom stereocenters. The van der Waals surface area contributed by atoms with Crippen LogP contribution in [0.25, 0.3) is 0 Å². The molecule has 0 amide bonds. The zero-order valence-corrected chi connectivity index (χ0v) is 23.9. The number of para-hydroxylation sites is 1. The minimum atomic E-state index is -0.876. The molecule has 0 bridgehead atoms. The number of allylic oxidation sites excluding steroid dienone is 4. The molecule has 0 aliphatic heterocycles. The van der Waals surface area contributed by atoms with Crippen molar-refractivity contribution in [2.45, 2.75) is 109 Å². The van der Waals surface area contributed by atoms with Crippen LogP contribution in [0.3, 0.4) is 0 Å². The van der Waals surface area contributed by atoms with Gasteiger partial charge in [0.05, 0.1) is 11.2 Å². The second-order valence-electron chi connectivity index (χ2n) is 13.1. The number of rotatable bonds is 5. The molecule has 4 aliphatic rings. The first-order valence-electron chi connectivity index (χ1n) is 15.1. The Bertz CT molecular complexity index is 1070. The average Bonchev–Trinajstić information content (AvgIpc) is 2.88. The third-order valence-corrected chi connectivity index (χ3v) is 10.4. The van der Waals surface area contributed by atoms with Crippen molar-refractivity contribution in [2.24, 2.45) is 23.7 Å². The van der Waals surface area contributed by atoms with E-state index in [1.54, 1.807) is 6.07 Å². The minimum Gasteiger partial charge on any atom is -0.508 e. The number of hydrogen-bond acceptors (Lipinski definition) is 3. The standard InChI is InChI=1S/C35H48O3/c1-23-27(19-21-34(3,37)32(23)25-13-7-5-8-14-25)31(29-17-11-12-18-30(29)36)28-20-22-35(4,38)33(24(28)2)26-15-9-6-10-16-26/h11-12,17-22,25-26,31-33,36-38H,5-10,13-16H2,1-4H3. The van der Waals surface area contributed by atoms with Gasteiger partial charge in [-0.3, -0.25) is 0 Å². The molecular weight excluding hydrogens is 468 g/mol. The van der Waals surface area contributed by atoms with E-state index in [9.17, 15) is 15.3 Å². The number of phenolic OH excluding ortho intramolecular Hbond substituents is 1. The summed E-state index contributed by atoms with van der Waals surface area (Å²) in [6, 6.07) is 7.73. The van der Waals surface area contributed by atoms with Crippen LogP contribution in [-0.4, -0.2) is 26.5 Å². The molecule has 2 saturated carbocycles. The van der Waals surface area contributed by atoms with E-state index < -0.39 is 11.2 Å². The summed E-state index contributed by atoms with van der Waals surface area (Å²) < 4.78 is 0. The van der Waals surface area contributed by atoms with Gasteiger partial charge in [-0.05, 0) is 82.4 Å². The van der Waals surface area contributed by atoms with E-state index >= 15 is 0 Å². The molecule has 3 nitrogen and oxygen atoms in total. The molecule has 206 valence electrons. The topological polar surface area (TPSA) is 60.7 Å². The lowest BCUT2D eigenvalue weighted by atomic mass is 9.62. The van der Waals surface area contributed by atoms with E-state index in [0.717, 1.165) is 31.2 Å². The highest BCUT2D eigenvalue weighted by Gasteiger charge is 2.45. The highest BCUT2D eigenvalue weighted by atomic mass is 16.3. The molecule has 0 saturated heterocycles. The molecule has 5 rings (SSSR count). The van der Waals surface area contributed by atoms with E-state index in [2.05, 4.69) is 26.0 Å². The molecule has 0 spiro atoms. The summed E-state index contributed by atoms with van der Waals surface area (Å²) in [5.74, 6) is 1.24. The second-order valence-corrected chi connectivity index (χ2v) is 13.1. The van der Waals surface area contributed by atoms with Crippen LogP contribution in [0, 0.1) is 23.7 Å². The first-order valence-corrected chi connectivity index (χ1v) is 15.1. The minimum absolute atomic E-state index is 0.0712. The van der Waals surface area contributed by atoms with Gasteiger partial charge in [0.25, 0.3) is 0 Å². The van der Waals surface area contributed by atoms with Crippen molar-refractivity contribution in [2.75, 3.05) is 0 Å². The second kappa shape index (κ2) is 10.8. The lowest BCUT2D eigenvalue weighted by molar-refractivity contribution is 0.0218. The Morgan fingerprint density at radius 2 is 1.11 bits per heavy atom. The molecule has 1 aromatic rings. The monoisotopic (exact) mass is 516 g/mol. The van der Waals surface area contributed by atoms with Gasteiger partial charge >= 0.3 is 0 Å². The summed E-state index contributed by atoms with van der Waals surface area (Å²) in [5, 5.41) is 34.3. The quantitative estimate of drug-likeness (QED) is 0.370. The van der Waals surface area contributed by atoms with Crippen molar-refractivity contribution >= 4 is 0 Å². The number of hydrogen-bond donors (Lipinski definition) is 3. The van der Waals surface area contributed by atoms with Crippen LogP contribution in [-0.2, 0) is 0 Å². The Kier molecular flexibility index (Phi) is 7.82. The molecule has 4 atom stereocenters. The maximum atomic E-state index is 11.6. The summed E-state index contributed by atoms with van der Waals surface area (Å²) in [6.07, 6.45) is 20.4. The Labute approximate surface area is 230 Å². The average molecular weight is 517 g/mol. The molecule has 1 aromatic carbocycles. The van der Waals surface area contributed by atoms with Gasteiger partial charge in [-0.15, -0.1) is 0 Å². The van der Waals surface area contributed by atoms with Crippen LogP contribution >= 0.6 is 0 Å². The molecule has 0 aromatic heterocycles. The van der Waals surface area contributed by atoms with Gasteiger partial charge in [-0.25, -0.2) is 0 Å². The SMILES string of the molecule is CC1=C(C(C2=C(C)C(C3CCCCC3)C(C)(O)C=C2)c2ccccc2O)C=CC(C)(O)C1C1CCCCC1. The van der Waals surface area contributed by atoms with Crippen LogP contribution in [0.4, 0.5) is 0 Å². The summed E-state index contributed by atoms with van der Waals surface area (Å²) >= 11 is 0. The first kappa shape index (κ1) is 27.5. The van der Waals surface area contributed by atoms with E-state index in [0.29, 0.717) is 17.6 Å². The van der Waals surface area contributed by atoms with Gasteiger partial charge in [-0.2, -0.15) is 0 Å². The zero-order chi connectivity index (χ0) is 27.1. The third kappa shape index (κ3) is 5.09. The van der Waals surface area contributed by atoms with Gasteiger partial charge in [-0.1, -0.05) is 92.2 Å². The number of aliphatic hydroxyl groups is 2. The molecule has 0 heterocycles. The fraction of sp³-hybridized carbons (Fsp3) is 0.600. The van der Waals surface area contributed by atoms with Crippen LogP contribution < -0.4 is 0 Å². The zero-order valence-electron chi connectivity index (χ0n) is 23.9. The smallest absolute Gasteiger partial charge is 0.119 e.